The molecule has 4 rings (SSSR count). The fourth-order valence-corrected chi connectivity index (χ4v) is 3.13. The number of hydrogen-bond donors (Lipinski definition) is 1. The van der Waals surface area contributed by atoms with E-state index in [1.165, 1.54) is 0 Å². The summed E-state index contributed by atoms with van der Waals surface area (Å²) in [7, 11) is 0. The van der Waals surface area contributed by atoms with Gasteiger partial charge in [-0.15, -0.1) is 11.3 Å². The Bertz CT molecular complexity index is 938. The highest BCUT2D eigenvalue weighted by atomic mass is 32.1. The lowest BCUT2D eigenvalue weighted by atomic mass is 10.2. The topological polar surface area (TPSA) is 63.7 Å². The molecule has 0 aliphatic carbocycles. The molecule has 22 heavy (non-hydrogen) atoms. The smallest absolute Gasteiger partial charge is 0.270 e. The average Bonchev–Trinajstić information content (AvgIpc) is 3.21. The second-order valence-electron chi connectivity index (χ2n) is 5.03. The number of carbonyl (C=O) groups excluding carboxylic acids is 1. The number of imidazole rings is 1. The molecule has 4 heterocycles. The predicted octanol–water partition coefficient (Wildman–Crippen LogP) is 2.53. The van der Waals surface area contributed by atoms with Crippen molar-refractivity contribution in [3.8, 4) is 0 Å². The van der Waals surface area contributed by atoms with Crippen molar-refractivity contribution in [3.05, 3.63) is 59.6 Å². The van der Waals surface area contributed by atoms with Gasteiger partial charge < -0.3 is 5.32 Å². The highest BCUT2D eigenvalue weighted by Gasteiger charge is 2.16. The second kappa shape index (κ2) is 4.96. The number of amides is 1. The van der Waals surface area contributed by atoms with Crippen molar-refractivity contribution in [1.29, 1.82) is 0 Å². The van der Waals surface area contributed by atoms with Gasteiger partial charge in [0, 0.05) is 17.8 Å². The number of pyridine rings is 1. The first-order valence-electron chi connectivity index (χ1n) is 6.88. The molecule has 7 heteroatoms. The van der Waals surface area contributed by atoms with Crippen LogP contribution in [-0.4, -0.2) is 24.9 Å². The Morgan fingerprint density at radius 1 is 1.36 bits per heavy atom. The molecule has 4 aromatic rings. The highest BCUT2D eigenvalue weighted by molar-refractivity contribution is 7.15. The van der Waals surface area contributed by atoms with Crippen LogP contribution in [0, 0.1) is 0 Å². The summed E-state index contributed by atoms with van der Waals surface area (Å²) < 4.78 is 3.59. The highest BCUT2D eigenvalue weighted by Crippen LogP contribution is 2.17. The fraction of sp³-hybridized carbons (Fsp3) is 0.133. The van der Waals surface area contributed by atoms with E-state index in [1.807, 2.05) is 47.3 Å². The molecule has 0 bridgehead atoms. The zero-order chi connectivity index (χ0) is 15.1. The third-order valence-electron chi connectivity index (χ3n) is 3.56. The molecule has 1 amide bonds. The van der Waals surface area contributed by atoms with Crippen LogP contribution in [-0.2, 0) is 0 Å². The largest absolute Gasteiger partial charge is 0.343 e. The van der Waals surface area contributed by atoms with E-state index in [2.05, 4.69) is 15.4 Å². The van der Waals surface area contributed by atoms with Crippen LogP contribution in [0.2, 0.25) is 0 Å². The molecule has 0 fully saturated rings. The van der Waals surface area contributed by atoms with Gasteiger partial charge >= 0.3 is 0 Å². The van der Waals surface area contributed by atoms with E-state index in [1.54, 1.807) is 28.1 Å². The van der Waals surface area contributed by atoms with Gasteiger partial charge in [0.1, 0.15) is 5.69 Å². The third-order valence-corrected chi connectivity index (χ3v) is 4.33. The Balaban J connectivity index is 1.61. The van der Waals surface area contributed by atoms with Crippen LogP contribution in [0.25, 0.3) is 10.5 Å². The third kappa shape index (κ3) is 2.06. The molecule has 0 spiro atoms. The first kappa shape index (κ1) is 13.0. The van der Waals surface area contributed by atoms with E-state index in [0.717, 1.165) is 16.2 Å². The van der Waals surface area contributed by atoms with E-state index < -0.39 is 0 Å². The number of hydrogen-bond acceptors (Lipinski definition) is 4. The molecule has 0 aliphatic heterocycles. The average molecular weight is 311 g/mol. The Labute approximate surface area is 130 Å². The number of fused-ring (bicyclic) bond motifs is 2. The lowest BCUT2D eigenvalue weighted by Crippen LogP contribution is -2.28. The van der Waals surface area contributed by atoms with E-state index in [0.29, 0.717) is 5.69 Å². The number of aromatic nitrogens is 4. The normalized spacial score (nSPS) is 12.8. The fourth-order valence-electron chi connectivity index (χ4n) is 2.42. The molecule has 0 saturated carbocycles. The minimum Gasteiger partial charge on any atom is -0.343 e. The van der Waals surface area contributed by atoms with Crippen LogP contribution in [0.3, 0.4) is 0 Å². The van der Waals surface area contributed by atoms with Gasteiger partial charge in [-0.1, -0.05) is 6.07 Å². The lowest BCUT2D eigenvalue weighted by molar-refractivity contribution is 0.0931. The van der Waals surface area contributed by atoms with Gasteiger partial charge in [-0.25, -0.2) is 9.50 Å². The van der Waals surface area contributed by atoms with Gasteiger partial charge in [-0.05, 0) is 25.1 Å². The number of thiazole rings is 1. The Morgan fingerprint density at radius 2 is 2.27 bits per heavy atom. The van der Waals surface area contributed by atoms with Crippen LogP contribution in [0.15, 0.2) is 48.2 Å². The van der Waals surface area contributed by atoms with E-state index in [4.69, 9.17) is 0 Å². The van der Waals surface area contributed by atoms with Crippen molar-refractivity contribution in [2.75, 3.05) is 0 Å². The predicted molar refractivity (Wildman–Crippen MR) is 84.1 cm³/mol. The van der Waals surface area contributed by atoms with Crippen molar-refractivity contribution in [2.24, 2.45) is 0 Å². The first-order valence-corrected chi connectivity index (χ1v) is 7.76. The molecule has 110 valence electrons. The minimum atomic E-state index is -0.176. The van der Waals surface area contributed by atoms with Crippen LogP contribution in [0.5, 0.6) is 0 Å². The molecule has 0 aliphatic rings. The SMILES string of the molecule is CC(NC(=O)c1cccc2ccnn12)c1cn2ccsc2n1. The van der Waals surface area contributed by atoms with Crippen LogP contribution in [0.4, 0.5) is 0 Å². The maximum absolute atomic E-state index is 12.5. The summed E-state index contributed by atoms with van der Waals surface area (Å²) in [5.74, 6) is -0.168. The summed E-state index contributed by atoms with van der Waals surface area (Å²) in [5, 5.41) is 9.14. The zero-order valence-electron chi connectivity index (χ0n) is 11.8. The standard InChI is InChI=1S/C15H13N5OS/c1-10(12-9-19-7-8-22-15(19)18-12)17-14(21)13-4-2-3-11-5-6-16-20(11)13/h2-10H,1H3,(H,17,21). The molecule has 0 radical (unpaired) electrons. The summed E-state index contributed by atoms with van der Waals surface area (Å²) in [5.41, 5.74) is 2.24. The van der Waals surface area contributed by atoms with Crippen LogP contribution < -0.4 is 5.32 Å². The monoisotopic (exact) mass is 311 g/mol. The van der Waals surface area contributed by atoms with Crippen LogP contribution in [0.1, 0.15) is 29.1 Å². The number of nitrogens with zero attached hydrogens (tertiary/aromatic N) is 4. The van der Waals surface area contributed by atoms with Crippen LogP contribution >= 0.6 is 11.3 Å². The lowest BCUT2D eigenvalue weighted by Gasteiger charge is -2.12. The number of nitrogens with one attached hydrogen (secondary N) is 1. The van der Waals surface area contributed by atoms with Gasteiger partial charge in [-0.3, -0.25) is 9.20 Å². The number of carbonyl (C=O) groups is 1. The first-order chi connectivity index (χ1) is 10.7. The van der Waals surface area contributed by atoms with E-state index in [9.17, 15) is 4.79 Å². The van der Waals surface area contributed by atoms with Gasteiger partial charge in [0.25, 0.3) is 5.91 Å². The molecule has 0 saturated heterocycles. The summed E-state index contributed by atoms with van der Waals surface area (Å²) in [4.78, 5) is 17.9. The van der Waals surface area contributed by atoms with Crippen molar-refractivity contribution < 1.29 is 4.79 Å². The molecule has 1 unspecified atom stereocenters. The summed E-state index contributed by atoms with van der Waals surface area (Å²) in [6, 6.07) is 7.21. The maximum atomic E-state index is 12.5. The van der Waals surface area contributed by atoms with Crippen molar-refractivity contribution >= 4 is 27.7 Å². The quantitative estimate of drug-likeness (QED) is 0.632. The minimum absolute atomic E-state index is 0.168. The Hall–Kier alpha value is -2.67. The molecular weight excluding hydrogens is 298 g/mol. The van der Waals surface area contributed by atoms with Gasteiger partial charge in [0.15, 0.2) is 4.96 Å². The maximum Gasteiger partial charge on any atom is 0.270 e. The van der Waals surface area contributed by atoms with Crippen molar-refractivity contribution in [2.45, 2.75) is 13.0 Å². The molecule has 6 nitrogen and oxygen atoms in total. The number of rotatable bonds is 3. The summed E-state index contributed by atoms with van der Waals surface area (Å²) in [6.45, 7) is 1.92. The molecule has 1 N–H and O–H groups in total. The Morgan fingerprint density at radius 3 is 3.14 bits per heavy atom. The van der Waals surface area contributed by atoms with Crippen molar-refractivity contribution in [3.63, 3.8) is 0 Å². The van der Waals surface area contributed by atoms with Gasteiger partial charge in [0.05, 0.1) is 23.4 Å². The van der Waals surface area contributed by atoms with Gasteiger partial charge in [0.2, 0.25) is 0 Å². The van der Waals surface area contributed by atoms with E-state index in [-0.39, 0.29) is 11.9 Å². The van der Waals surface area contributed by atoms with Crippen molar-refractivity contribution in [1.82, 2.24) is 24.3 Å². The summed E-state index contributed by atoms with van der Waals surface area (Å²) >= 11 is 1.57. The second-order valence-corrected chi connectivity index (χ2v) is 5.91. The molecule has 0 aromatic carbocycles. The molecular formula is C15H13N5OS. The molecule has 1 atom stereocenters. The van der Waals surface area contributed by atoms with Gasteiger partial charge in [-0.2, -0.15) is 5.10 Å². The summed E-state index contributed by atoms with van der Waals surface area (Å²) in [6.07, 6.45) is 5.57. The Kier molecular flexibility index (Phi) is 2.93. The van der Waals surface area contributed by atoms with E-state index >= 15 is 0 Å². The zero-order valence-corrected chi connectivity index (χ0v) is 12.6. The molecule has 4 aromatic heterocycles.